The summed E-state index contributed by atoms with van der Waals surface area (Å²) in [6.07, 6.45) is 1.45. The van der Waals surface area contributed by atoms with E-state index < -0.39 is 0 Å². The Morgan fingerprint density at radius 2 is 2.05 bits per heavy atom. The van der Waals surface area contributed by atoms with Crippen molar-refractivity contribution in [3.05, 3.63) is 46.8 Å². The van der Waals surface area contributed by atoms with Gasteiger partial charge in [-0.3, -0.25) is 4.79 Å². The monoisotopic (exact) mass is 352 g/mol. The van der Waals surface area contributed by atoms with Crippen molar-refractivity contribution in [2.24, 2.45) is 0 Å². The fourth-order valence-electron chi connectivity index (χ4n) is 2.00. The van der Waals surface area contributed by atoms with Crippen LogP contribution in [0.2, 0.25) is 0 Å². The first-order valence-corrected chi connectivity index (χ1v) is 7.45. The first kappa shape index (κ1) is 15.6. The molecule has 2 aromatic rings. The molecule has 5 nitrogen and oxygen atoms in total. The number of rotatable bonds is 6. The number of halogens is 1. The molecule has 0 atom stereocenters. The van der Waals surface area contributed by atoms with E-state index in [9.17, 15) is 4.79 Å². The maximum Gasteiger partial charge on any atom is 0.260 e. The summed E-state index contributed by atoms with van der Waals surface area (Å²) in [5, 5.41) is 11.8. The summed E-state index contributed by atoms with van der Waals surface area (Å²) < 4.78 is 5.45. The molecule has 6 heteroatoms. The molecule has 0 unspecified atom stereocenters. The highest BCUT2D eigenvalue weighted by atomic mass is 79.9. The molecule has 0 saturated carbocycles. The van der Waals surface area contributed by atoms with Crippen molar-refractivity contribution in [1.29, 1.82) is 0 Å². The number of aliphatic hydroxyl groups excluding tert-OH is 1. The molecule has 1 amide bonds. The average molecular weight is 353 g/mol. The second-order valence-corrected chi connectivity index (χ2v) is 5.13. The van der Waals surface area contributed by atoms with Crippen molar-refractivity contribution in [3.63, 3.8) is 0 Å². The topological polar surface area (TPSA) is 65.7 Å². The zero-order valence-corrected chi connectivity index (χ0v) is 13.3. The molecule has 2 rings (SSSR count). The fourth-order valence-corrected chi connectivity index (χ4v) is 2.42. The van der Waals surface area contributed by atoms with Crippen molar-refractivity contribution < 1.29 is 14.3 Å². The van der Waals surface area contributed by atoms with Crippen molar-refractivity contribution in [2.45, 2.75) is 6.92 Å². The third-order valence-corrected chi connectivity index (χ3v) is 3.72. The maximum absolute atomic E-state index is 12.0. The molecule has 1 aromatic heterocycles. The van der Waals surface area contributed by atoms with E-state index in [4.69, 9.17) is 9.52 Å². The Hall–Kier alpha value is -1.79. The van der Waals surface area contributed by atoms with Gasteiger partial charge in [0.25, 0.3) is 5.91 Å². The number of carbonyl (C=O) groups excluding carboxylic acids is 1. The molecule has 0 aliphatic heterocycles. The molecule has 0 fully saturated rings. The Bertz CT molecular complexity index is 595. The molecule has 0 aliphatic carbocycles. The van der Waals surface area contributed by atoms with Crippen molar-refractivity contribution >= 4 is 33.2 Å². The average Bonchev–Trinajstić information content (AvgIpc) is 2.92. The number of hydrogen-bond donors (Lipinski definition) is 2. The van der Waals surface area contributed by atoms with Gasteiger partial charge in [-0.05, 0) is 53.2 Å². The zero-order chi connectivity index (χ0) is 15.2. The van der Waals surface area contributed by atoms with Crippen molar-refractivity contribution in [3.8, 4) is 0 Å². The van der Waals surface area contributed by atoms with Crippen LogP contribution in [-0.2, 0) is 0 Å². The largest absolute Gasteiger partial charge is 0.457 e. The van der Waals surface area contributed by atoms with Gasteiger partial charge in [0.1, 0.15) is 0 Å². The summed E-state index contributed by atoms with van der Waals surface area (Å²) in [6, 6.07) is 9.11. The minimum Gasteiger partial charge on any atom is -0.457 e. The van der Waals surface area contributed by atoms with E-state index in [1.165, 1.54) is 6.26 Å². The number of amides is 1. The quantitative estimate of drug-likeness (QED) is 0.838. The number of furan rings is 1. The molecule has 112 valence electrons. The van der Waals surface area contributed by atoms with E-state index in [0.717, 1.165) is 12.2 Å². The third kappa shape index (κ3) is 3.86. The molecule has 2 N–H and O–H groups in total. The summed E-state index contributed by atoms with van der Waals surface area (Å²) in [7, 11) is 0. The fraction of sp³-hybridized carbons (Fsp3) is 0.267. The van der Waals surface area contributed by atoms with Crippen LogP contribution in [0.5, 0.6) is 0 Å². The Balaban J connectivity index is 2.06. The summed E-state index contributed by atoms with van der Waals surface area (Å²) in [5.41, 5.74) is 2.17. The highest BCUT2D eigenvalue weighted by Crippen LogP contribution is 2.21. The van der Waals surface area contributed by atoms with E-state index >= 15 is 0 Å². The Morgan fingerprint density at radius 3 is 2.57 bits per heavy atom. The highest BCUT2D eigenvalue weighted by Gasteiger charge is 2.12. The molecular formula is C15H17BrN2O3. The van der Waals surface area contributed by atoms with Gasteiger partial charge in [0, 0.05) is 24.5 Å². The SMILES string of the molecule is CCN(CCO)c1ccc(NC(=O)c2ccoc2Br)cc1. The van der Waals surface area contributed by atoms with E-state index in [0.29, 0.717) is 22.5 Å². The number of hydrogen-bond acceptors (Lipinski definition) is 4. The van der Waals surface area contributed by atoms with Crippen LogP contribution in [0.15, 0.2) is 45.7 Å². The van der Waals surface area contributed by atoms with Gasteiger partial charge in [0.15, 0.2) is 4.67 Å². The number of benzene rings is 1. The minimum absolute atomic E-state index is 0.112. The van der Waals surface area contributed by atoms with Gasteiger partial charge >= 0.3 is 0 Å². The predicted molar refractivity (Wildman–Crippen MR) is 85.8 cm³/mol. The molecule has 0 spiro atoms. The molecule has 0 radical (unpaired) electrons. The number of nitrogens with zero attached hydrogens (tertiary/aromatic N) is 1. The molecule has 0 aliphatic rings. The lowest BCUT2D eigenvalue weighted by molar-refractivity contribution is 0.102. The van der Waals surface area contributed by atoms with E-state index in [1.54, 1.807) is 6.07 Å². The molecule has 1 heterocycles. The van der Waals surface area contributed by atoms with Gasteiger partial charge in [0.2, 0.25) is 0 Å². The van der Waals surface area contributed by atoms with Gasteiger partial charge in [-0.25, -0.2) is 0 Å². The maximum atomic E-state index is 12.0. The third-order valence-electron chi connectivity index (χ3n) is 3.10. The number of aliphatic hydroxyl groups is 1. The van der Waals surface area contributed by atoms with E-state index in [-0.39, 0.29) is 12.5 Å². The van der Waals surface area contributed by atoms with Crippen LogP contribution in [0.4, 0.5) is 11.4 Å². The van der Waals surface area contributed by atoms with Crippen molar-refractivity contribution in [1.82, 2.24) is 0 Å². The number of likely N-dealkylation sites (N-methyl/N-ethyl adjacent to an activating group) is 1. The first-order chi connectivity index (χ1) is 10.2. The molecular weight excluding hydrogens is 336 g/mol. The molecule has 0 saturated heterocycles. The van der Waals surface area contributed by atoms with Crippen molar-refractivity contribution in [2.75, 3.05) is 29.9 Å². The highest BCUT2D eigenvalue weighted by molar-refractivity contribution is 9.10. The van der Waals surface area contributed by atoms with Gasteiger partial charge in [0.05, 0.1) is 18.4 Å². The second-order valence-electron chi connectivity index (χ2n) is 4.41. The van der Waals surface area contributed by atoms with Gasteiger partial charge in [-0.1, -0.05) is 0 Å². The standard InChI is InChI=1S/C15H17BrN2O3/c1-2-18(8-9-19)12-5-3-11(4-6-12)17-15(20)13-7-10-21-14(13)16/h3-7,10,19H,2,8-9H2,1H3,(H,17,20). The molecule has 0 bridgehead atoms. The lowest BCUT2D eigenvalue weighted by atomic mass is 10.2. The Kier molecular flexibility index (Phi) is 5.41. The van der Waals surface area contributed by atoms with E-state index in [2.05, 4.69) is 26.1 Å². The smallest absolute Gasteiger partial charge is 0.260 e. The first-order valence-electron chi connectivity index (χ1n) is 6.66. The Morgan fingerprint density at radius 1 is 1.33 bits per heavy atom. The minimum atomic E-state index is -0.230. The number of carbonyl (C=O) groups is 1. The van der Waals surface area contributed by atoms with Gasteiger partial charge < -0.3 is 19.7 Å². The lowest BCUT2D eigenvalue weighted by Gasteiger charge is -2.22. The molecule has 21 heavy (non-hydrogen) atoms. The summed E-state index contributed by atoms with van der Waals surface area (Å²) >= 11 is 3.18. The number of nitrogens with one attached hydrogen (secondary N) is 1. The summed E-state index contributed by atoms with van der Waals surface area (Å²) in [6.45, 7) is 3.54. The van der Waals surface area contributed by atoms with Crippen LogP contribution in [-0.4, -0.2) is 30.7 Å². The predicted octanol–water partition coefficient (Wildman–Crippen LogP) is 3.11. The van der Waals surface area contributed by atoms with Crippen LogP contribution in [0, 0.1) is 0 Å². The summed E-state index contributed by atoms with van der Waals surface area (Å²) in [4.78, 5) is 14.1. The summed E-state index contributed by atoms with van der Waals surface area (Å²) in [5.74, 6) is -0.230. The zero-order valence-electron chi connectivity index (χ0n) is 11.7. The van der Waals surface area contributed by atoms with Crippen LogP contribution < -0.4 is 10.2 Å². The lowest BCUT2D eigenvalue weighted by Crippen LogP contribution is -2.26. The number of anilines is 2. The van der Waals surface area contributed by atoms with Crippen LogP contribution in [0.25, 0.3) is 0 Å². The second kappa shape index (κ2) is 7.28. The van der Waals surface area contributed by atoms with Crippen LogP contribution in [0.3, 0.4) is 0 Å². The molecule has 1 aromatic carbocycles. The van der Waals surface area contributed by atoms with Gasteiger partial charge in [-0.15, -0.1) is 0 Å². The van der Waals surface area contributed by atoms with Crippen LogP contribution in [0.1, 0.15) is 17.3 Å². The Labute approximate surface area is 131 Å². The van der Waals surface area contributed by atoms with Crippen LogP contribution >= 0.6 is 15.9 Å². The van der Waals surface area contributed by atoms with Gasteiger partial charge in [-0.2, -0.15) is 0 Å². The van der Waals surface area contributed by atoms with E-state index in [1.807, 2.05) is 31.2 Å². The normalized spacial score (nSPS) is 10.4.